The second-order valence-corrected chi connectivity index (χ2v) is 8.69. The van der Waals surface area contributed by atoms with Gasteiger partial charge in [0.25, 0.3) is 0 Å². The molecule has 152 valence electrons. The average molecular weight is 422 g/mol. The van der Waals surface area contributed by atoms with Crippen LogP contribution in [-0.2, 0) is 16.2 Å². The Hall–Kier alpha value is -2.65. The number of halogens is 3. The highest BCUT2D eigenvalue weighted by Crippen LogP contribution is 2.31. The lowest BCUT2D eigenvalue weighted by Crippen LogP contribution is -2.31. The number of hydrogen-bond acceptors (Lipinski definition) is 4. The highest BCUT2D eigenvalue weighted by Gasteiger charge is 2.35. The molecule has 3 aromatic rings. The summed E-state index contributed by atoms with van der Waals surface area (Å²) in [6.45, 7) is 0.333. The van der Waals surface area contributed by atoms with Gasteiger partial charge in [0.05, 0.1) is 22.5 Å². The fourth-order valence-electron chi connectivity index (χ4n) is 3.26. The van der Waals surface area contributed by atoms with E-state index in [-0.39, 0.29) is 24.1 Å². The van der Waals surface area contributed by atoms with Crippen molar-refractivity contribution < 1.29 is 26.3 Å². The summed E-state index contributed by atoms with van der Waals surface area (Å²) in [4.78, 5) is 4.25. The first-order chi connectivity index (χ1) is 13.7. The summed E-state index contributed by atoms with van der Waals surface area (Å²) in [5, 5.41) is 0.970. The number of para-hydroxylation sites is 1. The third-order valence-corrected chi connectivity index (χ3v) is 6.67. The van der Waals surface area contributed by atoms with E-state index in [1.807, 2.05) is 30.3 Å². The predicted octanol–water partition coefficient (Wildman–Crippen LogP) is 4.10. The van der Waals surface area contributed by atoms with Gasteiger partial charge in [-0.1, -0.05) is 18.2 Å². The van der Waals surface area contributed by atoms with Crippen LogP contribution in [0.1, 0.15) is 12.0 Å². The summed E-state index contributed by atoms with van der Waals surface area (Å²) in [7, 11) is -3.90. The zero-order valence-corrected chi connectivity index (χ0v) is 15.9. The molecule has 0 radical (unpaired) electrons. The Morgan fingerprint density at radius 1 is 1.00 bits per heavy atom. The lowest BCUT2D eigenvalue weighted by atomic mass is 10.2. The van der Waals surface area contributed by atoms with Crippen molar-refractivity contribution in [2.75, 3.05) is 13.1 Å². The van der Waals surface area contributed by atoms with Gasteiger partial charge < -0.3 is 4.74 Å². The van der Waals surface area contributed by atoms with Crippen molar-refractivity contribution in [3.05, 3.63) is 66.2 Å². The van der Waals surface area contributed by atoms with Gasteiger partial charge in [-0.05, 0) is 42.8 Å². The maximum absolute atomic E-state index is 12.7. The van der Waals surface area contributed by atoms with Crippen molar-refractivity contribution in [1.82, 2.24) is 9.29 Å². The van der Waals surface area contributed by atoms with Gasteiger partial charge in [-0.3, -0.25) is 0 Å². The standard InChI is InChI=1S/C20H17F3N2O3S/c21-20(22,23)15-6-8-17(9-7-15)29(26,27)25-12-11-16(13-25)28-19-10-5-14-3-1-2-4-18(14)24-19/h1-10,16H,11-13H2. The summed E-state index contributed by atoms with van der Waals surface area (Å²) in [6.07, 6.45) is -4.43. The van der Waals surface area contributed by atoms with Gasteiger partial charge in [0.15, 0.2) is 0 Å². The van der Waals surface area contributed by atoms with Crippen LogP contribution in [-0.4, -0.2) is 36.9 Å². The van der Waals surface area contributed by atoms with Crippen LogP contribution in [0.15, 0.2) is 65.6 Å². The van der Waals surface area contributed by atoms with Gasteiger partial charge in [0.1, 0.15) is 6.10 Å². The molecular weight excluding hydrogens is 405 g/mol. The van der Waals surface area contributed by atoms with E-state index in [0.29, 0.717) is 12.3 Å². The number of aromatic nitrogens is 1. The second kappa shape index (κ2) is 7.31. The van der Waals surface area contributed by atoms with E-state index in [1.54, 1.807) is 6.07 Å². The number of fused-ring (bicyclic) bond motifs is 1. The Bertz CT molecular complexity index is 1130. The topological polar surface area (TPSA) is 59.5 Å². The maximum atomic E-state index is 12.7. The summed E-state index contributed by atoms with van der Waals surface area (Å²) in [5.74, 6) is 0.405. The number of rotatable bonds is 4. The number of sulfonamides is 1. The Kier molecular flexibility index (Phi) is 4.95. The number of nitrogens with zero attached hydrogens (tertiary/aromatic N) is 2. The molecule has 5 nitrogen and oxygen atoms in total. The summed E-state index contributed by atoms with van der Waals surface area (Å²) >= 11 is 0. The predicted molar refractivity (Wildman–Crippen MR) is 101 cm³/mol. The minimum Gasteiger partial charge on any atom is -0.473 e. The smallest absolute Gasteiger partial charge is 0.416 e. The summed E-state index contributed by atoms with van der Waals surface area (Å²) in [5.41, 5.74) is -0.112. The molecule has 1 unspecified atom stereocenters. The summed E-state index contributed by atoms with van der Waals surface area (Å²) in [6, 6.07) is 14.7. The molecule has 0 aliphatic carbocycles. The van der Waals surface area contributed by atoms with Crippen molar-refractivity contribution in [2.24, 2.45) is 0 Å². The molecule has 1 aliphatic heterocycles. The molecule has 2 heterocycles. The van der Waals surface area contributed by atoms with E-state index in [4.69, 9.17) is 4.74 Å². The van der Waals surface area contributed by atoms with Crippen molar-refractivity contribution in [3.8, 4) is 5.88 Å². The van der Waals surface area contributed by atoms with Crippen LogP contribution in [0, 0.1) is 0 Å². The first-order valence-electron chi connectivity index (χ1n) is 8.93. The Balaban J connectivity index is 1.46. The van der Waals surface area contributed by atoms with Crippen LogP contribution >= 0.6 is 0 Å². The van der Waals surface area contributed by atoms with Crippen molar-refractivity contribution in [3.63, 3.8) is 0 Å². The molecule has 0 amide bonds. The largest absolute Gasteiger partial charge is 0.473 e. The Morgan fingerprint density at radius 2 is 1.72 bits per heavy atom. The minimum atomic E-state index is -4.51. The number of ether oxygens (including phenoxy) is 1. The van der Waals surface area contributed by atoms with Gasteiger partial charge >= 0.3 is 6.18 Å². The van der Waals surface area contributed by atoms with Crippen molar-refractivity contribution >= 4 is 20.9 Å². The van der Waals surface area contributed by atoms with Crippen molar-refractivity contribution in [2.45, 2.75) is 23.6 Å². The van der Waals surface area contributed by atoms with Crippen LogP contribution in [0.4, 0.5) is 13.2 Å². The molecule has 1 aromatic heterocycles. The van der Waals surface area contributed by atoms with Crippen LogP contribution in [0.3, 0.4) is 0 Å². The Morgan fingerprint density at radius 3 is 2.45 bits per heavy atom. The molecule has 0 spiro atoms. The molecule has 0 bridgehead atoms. The number of pyridine rings is 1. The molecule has 0 N–H and O–H groups in total. The monoisotopic (exact) mass is 422 g/mol. The number of benzene rings is 2. The molecule has 1 atom stereocenters. The van der Waals surface area contributed by atoms with E-state index in [2.05, 4.69) is 4.98 Å². The number of hydrogen-bond donors (Lipinski definition) is 0. The average Bonchev–Trinajstić information content (AvgIpc) is 3.17. The van der Waals surface area contributed by atoms with E-state index in [9.17, 15) is 21.6 Å². The van der Waals surface area contributed by atoms with Gasteiger partial charge in [0, 0.05) is 18.0 Å². The van der Waals surface area contributed by atoms with E-state index in [0.717, 1.165) is 35.2 Å². The molecule has 9 heteroatoms. The highest BCUT2D eigenvalue weighted by atomic mass is 32.2. The van der Waals surface area contributed by atoms with Gasteiger partial charge in [-0.15, -0.1) is 0 Å². The summed E-state index contributed by atoms with van der Waals surface area (Å²) < 4.78 is 70.6. The zero-order valence-electron chi connectivity index (χ0n) is 15.1. The van der Waals surface area contributed by atoms with E-state index >= 15 is 0 Å². The normalized spacial score (nSPS) is 18.2. The van der Waals surface area contributed by atoms with Crippen LogP contribution in [0.5, 0.6) is 5.88 Å². The number of alkyl halides is 3. The Labute approximate surface area is 165 Å². The molecule has 29 heavy (non-hydrogen) atoms. The first kappa shape index (κ1) is 19.7. The van der Waals surface area contributed by atoms with Crippen LogP contribution in [0.25, 0.3) is 10.9 Å². The second-order valence-electron chi connectivity index (χ2n) is 6.76. The first-order valence-corrected chi connectivity index (χ1v) is 10.4. The molecule has 4 rings (SSSR count). The fraction of sp³-hybridized carbons (Fsp3) is 0.250. The molecule has 1 fully saturated rings. The third-order valence-electron chi connectivity index (χ3n) is 4.79. The van der Waals surface area contributed by atoms with Crippen molar-refractivity contribution in [1.29, 1.82) is 0 Å². The third kappa shape index (κ3) is 4.06. The lowest BCUT2D eigenvalue weighted by molar-refractivity contribution is -0.137. The van der Waals surface area contributed by atoms with Gasteiger partial charge in [0.2, 0.25) is 15.9 Å². The molecule has 0 saturated carbocycles. The maximum Gasteiger partial charge on any atom is 0.416 e. The SMILES string of the molecule is O=S(=O)(c1ccc(C(F)(F)F)cc1)N1CCC(Oc2ccc3ccccc3n2)C1. The zero-order chi connectivity index (χ0) is 20.6. The van der Waals surface area contributed by atoms with Crippen LogP contribution < -0.4 is 4.74 Å². The van der Waals surface area contributed by atoms with E-state index in [1.165, 1.54) is 4.31 Å². The van der Waals surface area contributed by atoms with Gasteiger partial charge in [-0.2, -0.15) is 17.5 Å². The molecule has 1 saturated heterocycles. The highest BCUT2D eigenvalue weighted by molar-refractivity contribution is 7.89. The lowest BCUT2D eigenvalue weighted by Gasteiger charge is -2.17. The van der Waals surface area contributed by atoms with Gasteiger partial charge in [-0.25, -0.2) is 13.4 Å². The van der Waals surface area contributed by atoms with Crippen LogP contribution in [0.2, 0.25) is 0 Å². The minimum absolute atomic E-state index is 0.109. The molecule has 2 aromatic carbocycles. The fourth-order valence-corrected chi connectivity index (χ4v) is 4.75. The quantitative estimate of drug-likeness (QED) is 0.635. The van der Waals surface area contributed by atoms with E-state index < -0.39 is 21.8 Å². The molecule has 1 aliphatic rings. The molecular formula is C20H17F3N2O3S.